The van der Waals surface area contributed by atoms with Crippen molar-refractivity contribution in [1.82, 2.24) is 5.32 Å². The molecule has 0 fully saturated rings. The number of carbonyl (C=O) groups is 1. The summed E-state index contributed by atoms with van der Waals surface area (Å²) in [4.78, 5) is 11.1. The normalized spacial score (nSPS) is 9.56. The third kappa shape index (κ3) is 3.65. The highest BCUT2D eigenvalue weighted by Gasteiger charge is 2.04. The lowest BCUT2D eigenvalue weighted by Gasteiger charge is -2.04. The van der Waals surface area contributed by atoms with E-state index >= 15 is 0 Å². The van der Waals surface area contributed by atoms with E-state index in [1.54, 1.807) is 0 Å². The third-order valence-corrected chi connectivity index (χ3v) is 1.94. The minimum absolute atomic E-state index is 0.111. The molecule has 0 aromatic heterocycles. The van der Waals surface area contributed by atoms with Gasteiger partial charge in [0, 0.05) is 19.4 Å². The first-order chi connectivity index (χ1) is 7.63. The molecule has 1 N–H and O–H groups in total. The van der Waals surface area contributed by atoms with Crippen LogP contribution in [0.1, 0.15) is 18.4 Å². The smallest absolute Gasteiger partial charge is 0.221 e. The molecular formula is C11H10F2N2O. The van der Waals surface area contributed by atoms with Crippen LogP contribution in [0.4, 0.5) is 8.78 Å². The summed E-state index contributed by atoms with van der Waals surface area (Å²) in [6, 6.07) is 5.27. The minimum atomic E-state index is -0.941. The minimum Gasteiger partial charge on any atom is -0.352 e. The Bertz CT molecular complexity index is 426. The Morgan fingerprint density at radius 2 is 2.12 bits per heavy atom. The van der Waals surface area contributed by atoms with E-state index in [2.05, 4.69) is 5.32 Å². The molecule has 0 bridgehead atoms. The zero-order valence-electron chi connectivity index (χ0n) is 8.46. The fourth-order valence-electron chi connectivity index (χ4n) is 1.11. The molecular weight excluding hydrogens is 214 g/mol. The maximum absolute atomic E-state index is 12.8. The van der Waals surface area contributed by atoms with Gasteiger partial charge in [-0.2, -0.15) is 5.26 Å². The highest BCUT2D eigenvalue weighted by molar-refractivity contribution is 5.76. The zero-order valence-corrected chi connectivity index (χ0v) is 8.46. The van der Waals surface area contributed by atoms with Gasteiger partial charge in [0.2, 0.25) is 5.91 Å². The number of rotatable bonds is 4. The molecule has 0 unspecified atom stereocenters. The summed E-state index contributed by atoms with van der Waals surface area (Å²) in [5.74, 6) is -2.14. The van der Waals surface area contributed by atoms with Crippen LogP contribution in [0.2, 0.25) is 0 Å². The van der Waals surface area contributed by atoms with Gasteiger partial charge in [0.05, 0.1) is 6.07 Å². The summed E-state index contributed by atoms with van der Waals surface area (Å²) in [5, 5.41) is 10.7. The van der Waals surface area contributed by atoms with E-state index in [4.69, 9.17) is 5.26 Å². The van der Waals surface area contributed by atoms with E-state index in [1.165, 1.54) is 6.07 Å². The first-order valence-corrected chi connectivity index (χ1v) is 4.71. The van der Waals surface area contributed by atoms with Crippen LogP contribution in [0, 0.1) is 23.0 Å². The Balaban J connectivity index is 2.46. The topological polar surface area (TPSA) is 52.9 Å². The maximum Gasteiger partial charge on any atom is 0.221 e. The maximum atomic E-state index is 12.8. The summed E-state index contributed by atoms with van der Waals surface area (Å²) in [6.07, 6.45) is 0.254. The molecule has 0 spiro atoms. The van der Waals surface area contributed by atoms with Crippen molar-refractivity contribution in [2.45, 2.75) is 19.4 Å². The van der Waals surface area contributed by atoms with Crippen molar-refractivity contribution in [2.75, 3.05) is 0 Å². The van der Waals surface area contributed by atoms with Crippen molar-refractivity contribution in [1.29, 1.82) is 5.26 Å². The van der Waals surface area contributed by atoms with Crippen LogP contribution in [0.25, 0.3) is 0 Å². The molecule has 3 nitrogen and oxygen atoms in total. The molecule has 0 saturated heterocycles. The number of amides is 1. The van der Waals surface area contributed by atoms with Gasteiger partial charge in [-0.05, 0) is 17.7 Å². The van der Waals surface area contributed by atoms with E-state index < -0.39 is 11.6 Å². The van der Waals surface area contributed by atoms with Crippen LogP contribution in [-0.2, 0) is 11.3 Å². The van der Waals surface area contributed by atoms with Crippen molar-refractivity contribution < 1.29 is 13.6 Å². The number of nitrogens with zero attached hydrogens (tertiary/aromatic N) is 1. The van der Waals surface area contributed by atoms with Crippen LogP contribution in [0.3, 0.4) is 0 Å². The summed E-state index contributed by atoms with van der Waals surface area (Å²) in [7, 11) is 0. The second kappa shape index (κ2) is 5.81. The lowest BCUT2D eigenvalue weighted by molar-refractivity contribution is -0.121. The lowest BCUT2D eigenvalue weighted by Crippen LogP contribution is -2.22. The molecule has 0 aliphatic carbocycles. The van der Waals surface area contributed by atoms with Gasteiger partial charge in [-0.3, -0.25) is 4.79 Å². The average molecular weight is 224 g/mol. The number of benzene rings is 1. The third-order valence-electron chi connectivity index (χ3n) is 1.94. The van der Waals surface area contributed by atoms with Gasteiger partial charge in [-0.25, -0.2) is 8.78 Å². The Labute approximate surface area is 91.7 Å². The van der Waals surface area contributed by atoms with Crippen LogP contribution >= 0.6 is 0 Å². The Kier molecular flexibility index (Phi) is 4.40. The molecule has 0 saturated carbocycles. The van der Waals surface area contributed by atoms with Crippen molar-refractivity contribution >= 4 is 5.91 Å². The van der Waals surface area contributed by atoms with Gasteiger partial charge in [0.15, 0.2) is 11.6 Å². The van der Waals surface area contributed by atoms with Crippen molar-refractivity contribution in [3.63, 3.8) is 0 Å². The molecule has 16 heavy (non-hydrogen) atoms. The molecule has 0 radical (unpaired) electrons. The van der Waals surface area contributed by atoms with Crippen LogP contribution in [0.15, 0.2) is 18.2 Å². The lowest BCUT2D eigenvalue weighted by atomic mass is 10.2. The highest BCUT2D eigenvalue weighted by atomic mass is 19.2. The number of hydrogen-bond acceptors (Lipinski definition) is 2. The molecule has 0 heterocycles. The Morgan fingerprint density at radius 3 is 2.75 bits per heavy atom. The number of carbonyl (C=O) groups excluding carboxylic acids is 1. The van der Waals surface area contributed by atoms with Crippen LogP contribution < -0.4 is 5.32 Å². The van der Waals surface area contributed by atoms with E-state index in [-0.39, 0.29) is 25.3 Å². The molecule has 84 valence electrons. The fraction of sp³-hybridized carbons (Fsp3) is 0.273. The summed E-state index contributed by atoms with van der Waals surface area (Å²) < 4.78 is 25.3. The van der Waals surface area contributed by atoms with Gasteiger partial charge < -0.3 is 5.32 Å². The Hall–Kier alpha value is -1.96. The molecule has 1 amide bonds. The van der Waals surface area contributed by atoms with Gasteiger partial charge in [0.1, 0.15) is 0 Å². The van der Waals surface area contributed by atoms with Crippen molar-refractivity contribution in [3.8, 4) is 6.07 Å². The van der Waals surface area contributed by atoms with Crippen molar-refractivity contribution in [3.05, 3.63) is 35.4 Å². The van der Waals surface area contributed by atoms with Crippen LogP contribution in [-0.4, -0.2) is 5.91 Å². The van der Waals surface area contributed by atoms with E-state index in [1.807, 2.05) is 6.07 Å². The predicted molar refractivity (Wildman–Crippen MR) is 53.1 cm³/mol. The Morgan fingerprint density at radius 1 is 1.38 bits per heavy atom. The predicted octanol–water partition coefficient (Wildman–Crippen LogP) is 1.88. The van der Waals surface area contributed by atoms with Gasteiger partial charge in [0.25, 0.3) is 0 Å². The van der Waals surface area contributed by atoms with Crippen molar-refractivity contribution in [2.24, 2.45) is 0 Å². The largest absolute Gasteiger partial charge is 0.352 e. The highest BCUT2D eigenvalue weighted by Crippen LogP contribution is 2.08. The molecule has 0 aliphatic heterocycles. The molecule has 1 rings (SSSR count). The molecule has 0 aliphatic rings. The summed E-state index contributed by atoms with van der Waals surface area (Å²) in [5.41, 5.74) is 0.476. The number of hydrogen-bond donors (Lipinski definition) is 1. The van der Waals surface area contributed by atoms with E-state index in [0.29, 0.717) is 5.56 Å². The van der Waals surface area contributed by atoms with Gasteiger partial charge in [-0.1, -0.05) is 6.07 Å². The van der Waals surface area contributed by atoms with Gasteiger partial charge in [-0.15, -0.1) is 0 Å². The first-order valence-electron chi connectivity index (χ1n) is 4.71. The zero-order chi connectivity index (χ0) is 12.0. The quantitative estimate of drug-likeness (QED) is 0.848. The fourth-order valence-corrected chi connectivity index (χ4v) is 1.11. The summed E-state index contributed by atoms with van der Waals surface area (Å²) >= 11 is 0. The second-order valence-corrected chi connectivity index (χ2v) is 3.18. The first kappa shape index (κ1) is 12.1. The number of nitriles is 1. The molecule has 1 aromatic rings. The van der Waals surface area contributed by atoms with Gasteiger partial charge >= 0.3 is 0 Å². The summed E-state index contributed by atoms with van der Waals surface area (Å²) in [6.45, 7) is 0.126. The van der Waals surface area contributed by atoms with E-state index in [0.717, 1.165) is 12.1 Å². The monoisotopic (exact) mass is 224 g/mol. The van der Waals surface area contributed by atoms with Crippen LogP contribution in [0.5, 0.6) is 0 Å². The second-order valence-electron chi connectivity index (χ2n) is 3.18. The van der Waals surface area contributed by atoms with E-state index in [9.17, 15) is 13.6 Å². The number of nitrogens with one attached hydrogen (secondary N) is 1. The molecule has 0 atom stereocenters. The number of halogens is 2. The average Bonchev–Trinajstić information content (AvgIpc) is 2.28. The molecule has 1 aromatic carbocycles. The molecule has 5 heteroatoms. The standard InChI is InChI=1S/C11H10F2N2O/c12-9-4-3-8(6-10(9)13)7-15-11(16)2-1-5-14/h3-4,6H,1-2,7H2,(H,15,16). The SMILES string of the molecule is N#CCCC(=O)NCc1ccc(F)c(F)c1.